The van der Waals surface area contributed by atoms with Crippen LogP contribution in [0.5, 0.6) is 0 Å². The molecule has 0 spiro atoms. The second kappa shape index (κ2) is 7.10. The molecule has 1 saturated carbocycles. The maximum atomic E-state index is 9.39. The van der Waals surface area contributed by atoms with Gasteiger partial charge in [0.25, 0.3) is 5.22 Å². The Hall–Kier alpha value is -1.32. The van der Waals surface area contributed by atoms with Crippen LogP contribution in [0.1, 0.15) is 42.9 Å². The van der Waals surface area contributed by atoms with Gasteiger partial charge in [0.1, 0.15) is 5.25 Å². The predicted octanol–water partition coefficient (Wildman–Crippen LogP) is 4.29. The van der Waals surface area contributed by atoms with E-state index < -0.39 is 0 Å². The molecule has 1 atom stereocenters. The molecule has 6 heteroatoms. The lowest BCUT2D eigenvalue weighted by molar-refractivity contribution is 0.366. The molecule has 0 unspecified atom stereocenters. The maximum absolute atomic E-state index is 9.39. The summed E-state index contributed by atoms with van der Waals surface area (Å²) in [6.07, 6.45) is 6.72. The van der Waals surface area contributed by atoms with Crippen molar-refractivity contribution in [3.63, 3.8) is 0 Å². The standard InChI is InChI=1S/C15H17N3OS2/c16-10-13(11-5-2-1-3-6-11)21-15-18-17-14(19-15)9-12-7-4-8-20-12/h4,7-8,11,13H,1-3,5-6,9H2/t13-/m0/s1. The van der Waals surface area contributed by atoms with E-state index in [0.717, 1.165) is 12.8 Å². The van der Waals surface area contributed by atoms with Crippen LogP contribution in [0.15, 0.2) is 27.2 Å². The van der Waals surface area contributed by atoms with E-state index in [0.29, 0.717) is 23.5 Å². The van der Waals surface area contributed by atoms with Crippen molar-refractivity contribution in [3.05, 3.63) is 28.3 Å². The van der Waals surface area contributed by atoms with E-state index in [1.165, 1.54) is 35.9 Å². The quantitative estimate of drug-likeness (QED) is 0.769. The van der Waals surface area contributed by atoms with Gasteiger partial charge in [-0.2, -0.15) is 5.26 Å². The summed E-state index contributed by atoms with van der Waals surface area (Å²) in [5, 5.41) is 20.1. The molecule has 0 bridgehead atoms. The molecule has 0 amide bonds. The SMILES string of the molecule is N#C[C@H](Sc1nnc(Cc2cccs2)o1)C1CCCCC1. The Bertz CT molecular complexity index is 597. The van der Waals surface area contributed by atoms with E-state index in [1.54, 1.807) is 11.3 Å². The smallest absolute Gasteiger partial charge is 0.277 e. The van der Waals surface area contributed by atoms with Gasteiger partial charge in [-0.3, -0.25) is 0 Å². The van der Waals surface area contributed by atoms with Crippen molar-refractivity contribution >= 4 is 23.1 Å². The van der Waals surface area contributed by atoms with Gasteiger partial charge in [0.15, 0.2) is 0 Å². The number of hydrogen-bond acceptors (Lipinski definition) is 6. The van der Waals surface area contributed by atoms with Crippen LogP contribution >= 0.6 is 23.1 Å². The van der Waals surface area contributed by atoms with Gasteiger partial charge in [-0.15, -0.1) is 21.5 Å². The lowest BCUT2D eigenvalue weighted by atomic mass is 9.87. The molecule has 0 N–H and O–H groups in total. The average molecular weight is 319 g/mol. The number of nitrogens with zero attached hydrogens (tertiary/aromatic N) is 3. The molecule has 0 radical (unpaired) electrons. The third-order valence-corrected chi connectivity index (χ3v) is 5.77. The highest BCUT2D eigenvalue weighted by Crippen LogP contribution is 2.35. The topological polar surface area (TPSA) is 62.7 Å². The molecule has 0 aromatic carbocycles. The molecular weight excluding hydrogens is 302 g/mol. The lowest BCUT2D eigenvalue weighted by Crippen LogP contribution is -2.18. The first-order valence-corrected chi connectivity index (χ1v) is 9.02. The molecule has 2 aromatic heterocycles. The van der Waals surface area contributed by atoms with Gasteiger partial charge in [-0.25, -0.2) is 0 Å². The Morgan fingerprint density at radius 1 is 1.38 bits per heavy atom. The summed E-state index contributed by atoms with van der Waals surface area (Å²) >= 11 is 3.11. The molecule has 0 saturated heterocycles. The highest BCUT2D eigenvalue weighted by molar-refractivity contribution is 7.99. The summed E-state index contributed by atoms with van der Waals surface area (Å²) in [5.41, 5.74) is 0. The van der Waals surface area contributed by atoms with Crippen molar-refractivity contribution in [1.82, 2.24) is 10.2 Å². The van der Waals surface area contributed by atoms with Crippen LogP contribution in [-0.4, -0.2) is 15.4 Å². The van der Waals surface area contributed by atoms with Crippen molar-refractivity contribution in [2.24, 2.45) is 5.92 Å². The Kier molecular flexibility index (Phi) is 4.94. The fourth-order valence-corrected chi connectivity index (χ4v) is 4.36. The number of thiophene rings is 1. The summed E-state index contributed by atoms with van der Waals surface area (Å²) in [7, 11) is 0. The Morgan fingerprint density at radius 2 is 2.24 bits per heavy atom. The minimum Gasteiger partial charge on any atom is -0.416 e. The summed E-state index contributed by atoms with van der Waals surface area (Å²) < 4.78 is 5.68. The summed E-state index contributed by atoms with van der Waals surface area (Å²) in [5.74, 6) is 1.08. The van der Waals surface area contributed by atoms with Crippen molar-refractivity contribution < 1.29 is 4.42 Å². The fourth-order valence-electron chi connectivity index (χ4n) is 2.69. The third kappa shape index (κ3) is 3.86. The van der Waals surface area contributed by atoms with E-state index in [4.69, 9.17) is 4.42 Å². The van der Waals surface area contributed by atoms with Gasteiger partial charge in [0, 0.05) is 4.88 Å². The Labute approximate surface area is 132 Å². The summed E-state index contributed by atoms with van der Waals surface area (Å²) in [6, 6.07) is 6.48. The molecule has 1 fully saturated rings. The minimum absolute atomic E-state index is 0.0691. The van der Waals surface area contributed by atoms with Crippen LogP contribution in [0.2, 0.25) is 0 Å². The monoisotopic (exact) mass is 319 g/mol. The second-order valence-electron chi connectivity index (χ2n) is 5.28. The van der Waals surface area contributed by atoms with Gasteiger partial charge in [0.2, 0.25) is 5.89 Å². The van der Waals surface area contributed by atoms with Crippen LogP contribution in [0.3, 0.4) is 0 Å². The van der Waals surface area contributed by atoms with Crippen LogP contribution < -0.4 is 0 Å². The number of nitriles is 1. The van der Waals surface area contributed by atoms with Crippen molar-refractivity contribution in [3.8, 4) is 6.07 Å². The van der Waals surface area contributed by atoms with Gasteiger partial charge in [0.05, 0.1) is 12.5 Å². The van der Waals surface area contributed by atoms with Crippen LogP contribution in [0, 0.1) is 17.2 Å². The third-order valence-electron chi connectivity index (χ3n) is 3.79. The van der Waals surface area contributed by atoms with Crippen LogP contribution in [0.25, 0.3) is 0 Å². The zero-order chi connectivity index (χ0) is 14.5. The van der Waals surface area contributed by atoms with Crippen molar-refractivity contribution in [1.29, 1.82) is 5.26 Å². The Balaban J connectivity index is 1.61. The van der Waals surface area contributed by atoms with Gasteiger partial charge in [-0.05, 0) is 42.0 Å². The largest absolute Gasteiger partial charge is 0.416 e. The molecule has 21 heavy (non-hydrogen) atoms. The highest BCUT2D eigenvalue weighted by atomic mass is 32.2. The molecule has 1 aliphatic rings. The number of aromatic nitrogens is 2. The molecule has 1 aliphatic carbocycles. The zero-order valence-electron chi connectivity index (χ0n) is 11.7. The van der Waals surface area contributed by atoms with Crippen molar-refractivity contribution in [2.75, 3.05) is 0 Å². The first kappa shape index (κ1) is 14.6. The first-order valence-electron chi connectivity index (χ1n) is 7.26. The molecule has 2 heterocycles. The average Bonchev–Trinajstić information content (AvgIpc) is 3.18. The van der Waals surface area contributed by atoms with Gasteiger partial charge < -0.3 is 4.42 Å². The highest BCUT2D eigenvalue weighted by Gasteiger charge is 2.26. The lowest BCUT2D eigenvalue weighted by Gasteiger charge is -2.24. The first-order chi connectivity index (χ1) is 10.3. The summed E-state index contributed by atoms with van der Waals surface area (Å²) in [6.45, 7) is 0. The fraction of sp³-hybridized carbons (Fsp3) is 0.533. The number of thioether (sulfide) groups is 1. The molecule has 110 valence electrons. The van der Waals surface area contributed by atoms with E-state index in [-0.39, 0.29) is 5.25 Å². The molecule has 4 nitrogen and oxygen atoms in total. The van der Waals surface area contributed by atoms with Crippen LogP contribution in [0.4, 0.5) is 0 Å². The molecule has 3 rings (SSSR count). The molecular formula is C15H17N3OS2. The number of hydrogen-bond donors (Lipinski definition) is 0. The maximum Gasteiger partial charge on any atom is 0.277 e. The van der Waals surface area contributed by atoms with Gasteiger partial charge in [-0.1, -0.05) is 25.3 Å². The zero-order valence-corrected chi connectivity index (χ0v) is 13.3. The summed E-state index contributed by atoms with van der Waals surface area (Å²) in [4.78, 5) is 1.21. The van der Waals surface area contributed by atoms with E-state index in [1.807, 2.05) is 11.4 Å². The Morgan fingerprint density at radius 3 is 2.95 bits per heavy atom. The van der Waals surface area contributed by atoms with Crippen molar-refractivity contribution in [2.45, 2.75) is 49.0 Å². The molecule has 2 aromatic rings. The predicted molar refractivity (Wildman–Crippen MR) is 83.3 cm³/mol. The van der Waals surface area contributed by atoms with E-state index in [2.05, 4.69) is 22.3 Å². The molecule has 0 aliphatic heterocycles. The number of rotatable bonds is 5. The van der Waals surface area contributed by atoms with E-state index in [9.17, 15) is 5.26 Å². The minimum atomic E-state index is -0.0691. The van der Waals surface area contributed by atoms with Gasteiger partial charge >= 0.3 is 0 Å². The normalized spacial score (nSPS) is 17.5. The second-order valence-corrected chi connectivity index (χ2v) is 7.41. The van der Waals surface area contributed by atoms with E-state index >= 15 is 0 Å². The van der Waals surface area contributed by atoms with Crippen LogP contribution in [-0.2, 0) is 6.42 Å².